The number of para-hydroxylation sites is 1. The Morgan fingerprint density at radius 3 is 2.38 bits per heavy atom. The highest BCUT2D eigenvalue weighted by molar-refractivity contribution is 7.92. The lowest BCUT2D eigenvalue weighted by Gasteiger charge is -2.28. The Morgan fingerprint density at radius 1 is 1.03 bits per heavy atom. The van der Waals surface area contributed by atoms with Gasteiger partial charge in [0, 0.05) is 6.04 Å². The topological polar surface area (TPSA) is 66.5 Å². The highest BCUT2D eigenvalue weighted by Crippen LogP contribution is 2.44. The maximum absolute atomic E-state index is 13.4. The molecular formula is C23H28N2O3S. The first-order valence-electron chi connectivity index (χ1n) is 10.3. The molecular weight excluding hydrogens is 384 g/mol. The molecule has 3 atom stereocenters. The number of carbonyl (C=O) groups excluding carboxylic acids is 1. The molecule has 2 aliphatic carbocycles. The highest BCUT2D eigenvalue weighted by Gasteiger charge is 2.40. The minimum Gasteiger partial charge on any atom is -0.352 e. The highest BCUT2D eigenvalue weighted by atomic mass is 32.2. The summed E-state index contributed by atoms with van der Waals surface area (Å²) in [5.74, 6) is 1.03. The van der Waals surface area contributed by atoms with Crippen LogP contribution >= 0.6 is 0 Å². The molecule has 2 fully saturated rings. The monoisotopic (exact) mass is 412 g/mol. The molecule has 154 valence electrons. The van der Waals surface area contributed by atoms with Crippen LogP contribution in [0.5, 0.6) is 0 Å². The fourth-order valence-corrected chi connectivity index (χ4v) is 6.27. The number of anilines is 1. The standard InChI is InChI=1S/C23H28N2O3S/c1-16-7-11-20(12-8-16)29(27,28)25(22-6-4-3-5-17(22)2)15-23(26)24-21-14-18-9-10-19(21)13-18/h3-8,11-12,18-19,21H,9-10,13-15H2,1-2H3,(H,24,26)/t18-,19+,21+/m0/s1. The van der Waals surface area contributed by atoms with Crippen molar-refractivity contribution in [1.82, 2.24) is 5.32 Å². The van der Waals surface area contributed by atoms with Gasteiger partial charge in [-0.1, -0.05) is 42.3 Å². The number of hydrogen-bond donors (Lipinski definition) is 1. The number of benzene rings is 2. The predicted octanol–water partition coefficient (Wildman–Crippen LogP) is 3.80. The first-order valence-corrected chi connectivity index (χ1v) is 11.7. The van der Waals surface area contributed by atoms with Crippen LogP contribution in [0.15, 0.2) is 53.4 Å². The summed E-state index contributed by atoms with van der Waals surface area (Å²) in [4.78, 5) is 13.1. The van der Waals surface area contributed by atoms with Crippen molar-refractivity contribution < 1.29 is 13.2 Å². The number of nitrogens with one attached hydrogen (secondary N) is 1. The number of fused-ring (bicyclic) bond motifs is 2. The van der Waals surface area contributed by atoms with E-state index in [2.05, 4.69) is 5.32 Å². The Balaban J connectivity index is 1.61. The van der Waals surface area contributed by atoms with Gasteiger partial charge in [-0.15, -0.1) is 0 Å². The van der Waals surface area contributed by atoms with Gasteiger partial charge in [0.2, 0.25) is 5.91 Å². The predicted molar refractivity (Wildman–Crippen MR) is 114 cm³/mol. The van der Waals surface area contributed by atoms with E-state index in [0.717, 1.165) is 17.5 Å². The Labute approximate surface area is 173 Å². The van der Waals surface area contributed by atoms with E-state index in [-0.39, 0.29) is 23.4 Å². The van der Waals surface area contributed by atoms with Crippen LogP contribution in [0.2, 0.25) is 0 Å². The summed E-state index contributed by atoms with van der Waals surface area (Å²) in [5.41, 5.74) is 2.34. The van der Waals surface area contributed by atoms with E-state index in [9.17, 15) is 13.2 Å². The molecule has 2 bridgehead atoms. The average molecular weight is 413 g/mol. The Morgan fingerprint density at radius 2 is 1.76 bits per heavy atom. The summed E-state index contributed by atoms with van der Waals surface area (Å²) in [6.45, 7) is 3.56. The second-order valence-electron chi connectivity index (χ2n) is 8.46. The molecule has 0 heterocycles. The van der Waals surface area contributed by atoms with Crippen molar-refractivity contribution in [1.29, 1.82) is 0 Å². The van der Waals surface area contributed by atoms with Crippen molar-refractivity contribution in [2.24, 2.45) is 11.8 Å². The molecule has 2 aromatic rings. The van der Waals surface area contributed by atoms with Crippen LogP contribution in [0.4, 0.5) is 5.69 Å². The van der Waals surface area contributed by atoms with E-state index in [0.29, 0.717) is 17.5 Å². The zero-order valence-electron chi connectivity index (χ0n) is 17.0. The minimum atomic E-state index is -3.86. The van der Waals surface area contributed by atoms with Gasteiger partial charge in [0.1, 0.15) is 6.54 Å². The van der Waals surface area contributed by atoms with Gasteiger partial charge >= 0.3 is 0 Å². The lowest BCUT2D eigenvalue weighted by Crippen LogP contribution is -2.46. The second-order valence-corrected chi connectivity index (χ2v) is 10.3. The van der Waals surface area contributed by atoms with Crippen molar-refractivity contribution in [2.75, 3.05) is 10.8 Å². The molecule has 0 aliphatic heterocycles. The van der Waals surface area contributed by atoms with Crippen molar-refractivity contribution in [3.8, 4) is 0 Å². The lowest BCUT2D eigenvalue weighted by atomic mass is 9.95. The summed E-state index contributed by atoms with van der Waals surface area (Å²) in [6.07, 6.45) is 4.63. The molecule has 6 heteroatoms. The molecule has 0 saturated heterocycles. The molecule has 0 unspecified atom stereocenters. The third kappa shape index (κ3) is 4.04. The van der Waals surface area contributed by atoms with Gasteiger partial charge in [0.05, 0.1) is 10.6 Å². The first-order chi connectivity index (χ1) is 13.8. The fraction of sp³-hybridized carbons (Fsp3) is 0.435. The van der Waals surface area contributed by atoms with Crippen molar-refractivity contribution in [3.63, 3.8) is 0 Å². The number of carbonyl (C=O) groups is 1. The van der Waals surface area contributed by atoms with Crippen LogP contribution in [0.25, 0.3) is 0 Å². The number of aryl methyl sites for hydroxylation is 2. The second kappa shape index (κ2) is 7.82. The van der Waals surface area contributed by atoms with Gasteiger partial charge in [-0.05, 0) is 68.7 Å². The molecule has 5 nitrogen and oxygen atoms in total. The van der Waals surface area contributed by atoms with Gasteiger partial charge in [-0.25, -0.2) is 8.42 Å². The first kappa shape index (κ1) is 20.0. The average Bonchev–Trinajstić information content (AvgIpc) is 3.30. The van der Waals surface area contributed by atoms with Crippen LogP contribution in [-0.4, -0.2) is 26.9 Å². The summed E-state index contributed by atoms with van der Waals surface area (Å²) in [7, 11) is -3.86. The van der Waals surface area contributed by atoms with Crippen LogP contribution in [0.1, 0.15) is 36.8 Å². The molecule has 2 aromatic carbocycles. The molecule has 0 radical (unpaired) electrons. The van der Waals surface area contributed by atoms with Gasteiger partial charge in [0.15, 0.2) is 0 Å². The largest absolute Gasteiger partial charge is 0.352 e. The lowest BCUT2D eigenvalue weighted by molar-refractivity contribution is -0.120. The van der Waals surface area contributed by atoms with Crippen molar-refractivity contribution in [2.45, 2.75) is 50.5 Å². The number of rotatable bonds is 6. The number of nitrogens with zero attached hydrogens (tertiary/aromatic N) is 1. The van der Waals surface area contributed by atoms with E-state index < -0.39 is 10.0 Å². The van der Waals surface area contributed by atoms with Gasteiger partial charge in [-0.2, -0.15) is 0 Å². The van der Waals surface area contributed by atoms with Gasteiger partial charge in [0.25, 0.3) is 10.0 Å². The zero-order valence-corrected chi connectivity index (χ0v) is 17.8. The minimum absolute atomic E-state index is 0.182. The van der Waals surface area contributed by atoms with Crippen LogP contribution in [-0.2, 0) is 14.8 Å². The Hall–Kier alpha value is -2.34. The SMILES string of the molecule is Cc1ccc(S(=O)(=O)N(CC(=O)N[C@@H]2C[C@H]3CC[C@@H]2C3)c2ccccc2C)cc1. The van der Waals surface area contributed by atoms with E-state index in [1.807, 2.05) is 26.0 Å². The van der Waals surface area contributed by atoms with Crippen LogP contribution < -0.4 is 9.62 Å². The van der Waals surface area contributed by atoms with Crippen LogP contribution in [0.3, 0.4) is 0 Å². The quantitative estimate of drug-likeness (QED) is 0.785. The van der Waals surface area contributed by atoms with E-state index in [1.54, 1.807) is 36.4 Å². The molecule has 4 rings (SSSR count). The van der Waals surface area contributed by atoms with E-state index in [1.165, 1.54) is 23.6 Å². The van der Waals surface area contributed by atoms with E-state index in [4.69, 9.17) is 0 Å². The normalized spacial score (nSPS) is 23.2. The summed E-state index contributed by atoms with van der Waals surface area (Å²) in [5, 5.41) is 3.12. The molecule has 0 spiro atoms. The zero-order chi connectivity index (χ0) is 20.6. The fourth-order valence-electron chi connectivity index (χ4n) is 4.78. The molecule has 0 aromatic heterocycles. The van der Waals surface area contributed by atoms with Crippen molar-refractivity contribution in [3.05, 3.63) is 59.7 Å². The summed E-state index contributed by atoms with van der Waals surface area (Å²) >= 11 is 0. The molecule has 2 saturated carbocycles. The number of amides is 1. The maximum atomic E-state index is 13.4. The smallest absolute Gasteiger partial charge is 0.264 e. The molecule has 1 amide bonds. The van der Waals surface area contributed by atoms with E-state index >= 15 is 0 Å². The molecule has 1 N–H and O–H groups in total. The van der Waals surface area contributed by atoms with Gasteiger partial charge < -0.3 is 5.32 Å². The Kier molecular flexibility index (Phi) is 5.38. The summed E-state index contributed by atoms with van der Waals surface area (Å²) in [6, 6.07) is 14.2. The maximum Gasteiger partial charge on any atom is 0.264 e. The number of sulfonamides is 1. The summed E-state index contributed by atoms with van der Waals surface area (Å²) < 4.78 is 28.1. The third-order valence-corrected chi connectivity index (χ3v) is 8.14. The van der Waals surface area contributed by atoms with Crippen molar-refractivity contribution >= 4 is 21.6 Å². The molecule has 2 aliphatic rings. The number of hydrogen-bond acceptors (Lipinski definition) is 3. The Bertz CT molecular complexity index is 1000. The van der Waals surface area contributed by atoms with Crippen LogP contribution in [0, 0.1) is 25.7 Å². The third-order valence-electron chi connectivity index (χ3n) is 6.36. The van der Waals surface area contributed by atoms with Gasteiger partial charge in [-0.3, -0.25) is 9.10 Å². The molecule has 29 heavy (non-hydrogen) atoms.